The molecule has 0 saturated carbocycles. The molecule has 0 fully saturated rings. The monoisotopic (exact) mass is 291 g/mol. The van der Waals surface area contributed by atoms with Crippen molar-refractivity contribution in [2.24, 2.45) is 0 Å². The molecule has 2 rings (SSSR count). The van der Waals surface area contributed by atoms with Crippen LogP contribution in [0.3, 0.4) is 0 Å². The molecule has 1 aromatic carbocycles. The molecule has 116 valence electrons. The van der Waals surface area contributed by atoms with E-state index in [1.54, 1.807) is 7.11 Å². The van der Waals surface area contributed by atoms with Crippen LogP contribution in [-0.2, 0) is 9.53 Å². The number of fused-ring (bicyclic) bond motifs is 1. The molecule has 5 heteroatoms. The number of methoxy groups -OCH3 is 1. The number of hydrogen-bond donors (Lipinski definition) is 2. The zero-order valence-electron chi connectivity index (χ0n) is 12.9. The van der Waals surface area contributed by atoms with Crippen LogP contribution in [0.5, 0.6) is 0 Å². The Morgan fingerprint density at radius 1 is 1.48 bits per heavy atom. The molecule has 1 aliphatic rings. The molecule has 1 amide bonds. The average molecular weight is 291 g/mol. The number of amides is 1. The van der Waals surface area contributed by atoms with Crippen molar-refractivity contribution in [3.8, 4) is 0 Å². The van der Waals surface area contributed by atoms with Crippen molar-refractivity contribution in [1.82, 2.24) is 5.32 Å². The fraction of sp³-hybridized carbons (Fsp3) is 0.562. The minimum Gasteiger partial charge on any atom is -0.385 e. The first-order valence-electron chi connectivity index (χ1n) is 7.60. The second-order valence-electron chi connectivity index (χ2n) is 5.30. The molecule has 1 aliphatic heterocycles. The molecule has 0 bridgehead atoms. The van der Waals surface area contributed by atoms with Gasteiger partial charge in [-0.05, 0) is 31.9 Å². The first kappa shape index (κ1) is 15.6. The van der Waals surface area contributed by atoms with E-state index < -0.39 is 0 Å². The van der Waals surface area contributed by atoms with Crippen LogP contribution in [0.2, 0.25) is 0 Å². The highest BCUT2D eigenvalue weighted by Crippen LogP contribution is 2.29. The lowest BCUT2D eigenvalue weighted by Crippen LogP contribution is -2.46. The maximum Gasteiger partial charge on any atom is 0.242 e. The number of benzene rings is 1. The zero-order valence-corrected chi connectivity index (χ0v) is 12.9. The van der Waals surface area contributed by atoms with Crippen LogP contribution in [-0.4, -0.2) is 45.3 Å². The van der Waals surface area contributed by atoms with E-state index >= 15 is 0 Å². The molecule has 0 aliphatic carbocycles. The summed E-state index contributed by atoms with van der Waals surface area (Å²) in [6.45, 7) is 5.12. The van der Waals surface area contributed by atoms with Crippen LogP contribution < -0.4 is 15.5 Å². The summed E-state index contributed by atoms with van der Waals surface area (Å²) >= 11 is 0. The van der Waals surface area contributed by atoms with Crippen molar-refractivity contribution in [3.63, 3.8) is 0 Å². The third-order valence-corrected chi connectivity index (χ3v) is 3.78. The quantitative estimate of drug-likeness (QED) is 0.785. The van der Waals surface area contributed by atoms with Gasteiger partial charge >= 0.3 is 0 Å². The molecular weight excluding hydrogens is 266 g/mol. The summed E-state index contributed by atoms with van der Waals surface area (Å²) in [5, 5.41) is 6.40. The minimum atomic E-state index is -0.173. The van der Waals surface area contributed by atoms with Gasteiger partial charge in [-0.2, -0.15) is 0 Å². The van der Waals surface area contributed by atoms with E-state index in [-0.39, 0.29) is 11.9 Å². The van der Waals surface area contributed by atoms with Gasteiger partial charge in [-0.3, -0.25) is 4.79 Å². The zero-order chi connectivity index (χ0) is 15.1. The highest BCUT2D eigenvalue weighted by Gasteiger charge is 2.24. The summed E-state index contributed by atoms with van der Waals surface area (Å²) in [5.74, 6) is 0.0720. The van der Waals surface area contributed by atoms with Gasteiger partial charge in [0.15, 0.2) is 0 Å². The standard InChI is InChI=1S/C16H25N3O2/c1-13(16(20)18-10-6-12-21-2)19-11-5-9-17-14-7-3-4-8-15(14)19/h3-4,7-8,13,17H,5-6,9-12H2,1-2H3,(H,18,20). The summed E-state index contributed by atoms with van der Waals surface area (Å²) in [6.07, 6.45) is 1.86. The maximum absolute atomic E-state index is 12.3. The number of carbonyl (C=O) groups is 1. The van der Waals surface area contributed by atoms with E-state index in [4.69, 9.17) is 4.74 Å². The Balaban J connectivity index is 2.01. The molecule has 0 aromatic heterocycles. The Kier molecular flexibility index (Phi) is 5.87. The summed E-state index contributed by atoms with van der Waals surface area (Å²) in [4.78, 5) is 14.5. The van der Waals surface area contributed by atoms with Crippen molar-refractivity contribution >= 4 is 17.3 Å². The molecule has 0 saturated heterocycles. The summed E-state index contributed by atoms with van der Waals surface area (Å²) < 4.78 is 4.99. The van der Waals surface area contributed by atoms with E-state index in [0.29, 0.717) is 13.2 Å². The van der Waals surface area contributed by atoms with E-state index in [9.17, 15) is 4.79 Å². The van der Waals surface area contributed by atoms with Gasteiger partial charge in [-0.1, -0.05) is 12.1 Å². The van der Waals surface area contributed by atoms with Crippen LogP contribution in [0.1, 0.15) is 19.8 Å². The highest BCUT2D eigenvalue weighted by atomic mass is 16.5. The Morgan fingerprint density at radius 2 is 2.29 bits per heavy atom. The topological polar surface area (TPSA) is 53.6 Å². The Morgan fingerprint density at radius 3 is 3.10 bits per heavy atom. The van der Waals surface area contributed by atoms with Gasteiger partial charge in [0.1, 0.15) is 6.04 Å². The van der Waals surface area contributed by atoms with Crippen molar-refractivity contribution in [3.05, 3.63) is 24.3 Å². The number of carbonyl (C=O) groups excluding carboxylic acids is 1. The molecule has 5 nitrogen and oxygen atoms in total. The fourth-order valence-electron chi connectivity index (χ4n) is 2.59. The Labute approximate surface area is 126 Å². The normalized spacial score (nSPS) is 15.6. The molecule has 1 atom stereocenters. The molecule has 21 heavy (non-hydrogen) atoms. The van der Waals surface area contributed by atoms with Crippen molar-refractivity contribution in [1.29, 1.82) is 0 Å². The van der Waals surface area contributed by atoms with Crippen molar-refractivity contribution < 1.29 is 9.53 Å². The maximum atomic E-state index is 12.3. The average Bonchev–Trinajstić information content (AvgIpc) is 2.73. The Hall–Kier alpha value is -1.75. The van der Waals surface area contributed by atoms with Gasteiger partial charge < -0.3 is 20.3 Å². The third-order valence-electron chi connectivity index (χ3n) is 3.78. The lowest BCUT2D eigenvalue weighted by molar-refractivity contribution is -0.122. The minimum absolute atomic E-state index is 0.0720. The molecule has 2 N–H and O–H groups in total. The van der Waals surface area contributed by atoms with Gasteiger partial charge in [-0.15, -0.1) is 0 Å². The van der Waals surface area contributed by atoms with Crippen LogP contribution in [0.4, 0.5) is 11.4 Å². The van der Waals surface area contributed by atoms with E-state index in [1.165, 1.54) is 0 Å². The van der Waals surface area contributed by atoms with E-state index in [1.807, 2.05) is 19.1 Å². The van der Waals surface area contributed by atoms with Crippen LogP contribution in [0, 0.1) is 0 Å². The number of rotatable bonds is 6. The summed E-state index contributed by atoms with van der Waals surface area (Å²) in [5.41, 5.74) is 2.21. The largest absolute Gasteiger partial charge is 0.385 e. The smallest absolute Gasteiger partial charge is 0.242 e. The number of nitrogens with zero attached hydrogens (tertiary/aromatic N) is 1. The molecule has 0 spiro atoms. The lowest BCUT2D eigenvalue weighted by atomic mass is 10.2. The second kappa shape index (κ2) is 7.88. The van der Waals surface area contributed by atoms with Crippen LogP contribution >= 0.6 is 0 Å². The van der Waals surface area contributed by atoms with Gasteiger partial charge in [0, 0.05) is 33.4 Å². The van der Waals surface area contributed by atoms with Crippen molar-refractivity contribution in [2.45, 2.75) is 25.8 Å². The number of ether oxygens (including phenoxy) is 1. The van der Waals surface area contributed by atoms with Gasteiger partial charge in [0.2, 0.25) is 5.91 Å². The second-order valence-corrected chi connectivity index (χ2v) is 5.30. The molecule has 1 unspecified atom stereocenters. The van der Waals surface area contributed by atoms with Crippen LogP contribution in [0.25, 0.3) is 0 Å². The summed E-state index contributed by atoms with van der Waals surface area (Å²) in [7, 11) is 1.67. The SMILES string of the molecule is COCCCNC(=O)C(C)N1CCCNc2ccccc21. The van der Waals surface area contributed by atoms with Gasteiger partial charge in [-0.25, -0.2) is 0 Å². The van der Waals surface area contributed by atoms with E-state index in [2.05, 4.69) is 27.7 Å². The third kappa shape index (κ3) is 4.11. The number of para-hydroxylation sites is 2. The first-order valence-corrected chi connectivity index (χ1v) is 7.60. The van der Waals surface area contributed by atoms with Crippen LogP contribution in [0.15, 0.2) is 24.3 Å². The summed E-state index contributed by atoms with van der Waals surface area (Å²) in [6, 6.07) is 8.00. The van der Waals surface area contributed by atoms with Gasteiger partial charge in [0.25, 0.3) is 0 Å². The number of nitrogens with one attached hydrogen (secondary N) is 2. The number of hydrogen-bond acceptors (Lipinski definition) is 4. The lowest BCUT2D eigenvalue weighted by Gasteiger charge is -2.30. The van der Waals surface area contributed by atoms with Crippen molar-refractivity contribution in [2.75, 3.05) is 43.6 Å². The predicted octanol–water partition coefficient (Wildman–Crippen LogP) is 1.85. The fourth-order valence-corrected chi connectivity index (χ4v) is 2.59. The number of anilines is 2. The molecule has 1 aromatic rings. The molecule has 1 heterocycles. The predicted molar refractivity (Wildman–Crippen MR) is 85.9 cm³/mol. The Bertz CT molecular complexity index is 465. The van der Waals surface area contributed by atoms with E-state index in [0.717, 1.165) is 37.3 Å². The van der Waals surface area contributed by atoms with Gasteiger partial charge in [0.05, 0.1) is 11.4 Å². The first-order chi connectivity index (χ1) is 10.2. The highest BCUT2D eigenvalue weighted by molar-refractivity contribution is 5.86. The molecular formula is C16H25N3O2. The molecule has 0 radical (unpaired) electrons.